The molecule has 0 N–H and O–H groups in total. The number of carbonyl (C=O) groups is 2. The molecule has 0 amide bonds. The van der Waals surface area contributed by atoms with Crippen LogP contribution in [0.1, 0.15) is 13.8 Å². The molecule has 72 valence electrons. The summed E-state index contributed by atoms with van der Waals surface area (Å²) in [4.78, 5) is 21.4. The maximum absolute atomic E-state index is 11.0. The van der Waals surface area contributed by atoms with E-state index in [0.29, 0.717) is 0 Å². The van der Waals surface area contributed by atoms with E-state index in [4.69, 9.17) is 0 Å². The largest absolute Gasteiger partial charge is 0.462 e. The van der Waals surface area contributed by atoms with Gasteiger partial charge in [0.05, 0.1) is 6.61 Å². The third kappa shape index (κ3) is 4.82. The minimum absolute atomic E-state index is 0.122. The zero-order chi connectivity index (χ0) is 10.3. The van der Waals surface area contributed by atoms with E-state index in [2.05, 4.69) is 21.8 Å². The number of rotatable bonds is 4. The molecule has 0 spiro atoms. The summed E-state index contributed by atoms with van der Waals surface area (Å²) < 4.78 is 9.24. The van der Waals surface area contributed by atoms with Crippen LogP contribution in [-0.4, -0.2) is 25.2 Å². The molecule has 0 rings (SSSR count). The summed E-state index contributed by atoms with van der Waals surface area (Å²) in [5.41, 5.74) is 2.48. The Labute approximate surface area is 76.8 Å². The van der Waals surface area contributed by atoms with Crippen molar-refractivity contribution in [3.05, 3.63) is 17.9 Å². The second-order valence-electron chi connectivity index (χ2n) is 2.16. The van der Waals surface area contributed by atoms with Crippen molar-refractivity contribution in [2.24, 2.45) is 0 Å². The van der Waals surface area contributed by atoms with Crippen LogP contribution < -0.4 is 0 Å². The fraction of sp³-hybridized carbons (Fsp3) is 0.444. The standard InChI is InChI=1S/C9H12O4/c1-4-8(6-13-7(3)10)9(11)12-5-2/h1,5-6H2,2-3H3. The molecular formula is C9H12O4. The highest BCUT2D eigenvalue weighted by molar-refractivity contribution is 5.88. The van der Waals surface area contributed by atoms with E-state index in [-0.39, 0.29) is 18.8 Å². The molecule has 0 unspecified atom stereocenters. The van der Waals surface area contributed by atoms with Gasteiger partial charge < -0.3 is 9.47 Å². The van der Waals surface area contributed by atoms with Gasteiger partial charge in [-0.25, -0.2) is 4.79 Å². The van der Waals surface area contributed by atoms with E-state index >= 15 is 0 Å². The molecule has 0 aromatic rings. The van der Waals surface area contributed by atoms with Crippen LogP contribution in [0, 0.1) is 0 Å². The Balaban J connectivity index is 4.13. The normalized spacial score (nSPS) is 8.46. The van der Waals surface area contributed by atoms with Crippen LogP contribution in [0.15, 0.2) is 17.9 Å². The molecule has 0 aliphatic heterocycles. The molecule has 0 aliphatic carbocycles. The Hall–Kier alpha value is -1.54. The summed E-state index contributed by atoms with van der Waals surface area (Å²) in [6, 6.07) is 0. The predicted molar refractivity (Wildman–Crippen MR) is 45.9 cm³/mol. The van der Waals surface area contributed by atoms with Crippen LogP contribution in [0.4, 0.5) is 0 Å². The highest BCUT2D eigenvalue weighted by Gasteiger charge is 2.10. The molecule has 0 fully saturated rings. The van der Waals surface area contributed by atoms with Crippen molar-refractivity contribution in [3.63, 3.8) is 0 Å². The summed E-state index contributed by atoms with van der Waals surface area (Å²) in [7, 11) is 0. The Morgan fingerprint density at radius 3 is 2.38 bits per heavy atom. The van der Waals surface area contributed by atoms with Crippen LogP contribution in [0.25, 0.3) is 0 Å². The van der Waals surface area contributed by atoms with Crippen molar-refractivity contribution >= 4 is 11.9 Å². The molecule has 0 aromatic carbocycles. The van der Waals surface area contributed by atoms with Gasteiger partial charge in [0.2, 0.25) is 0 Å². The van der Waals surface area contributed by atoms with Crippen LogP contribution in [0.5, 0.6) is 0 Å². The Bertz CT molecular complexity index is 248. The molecule has 0 aromatic heterocycles. The fourth-order valence-corrected chi connectivity index (χ4v) is 0.574. The van der Waals surface area contributed by atoms with Crippen molar-refractivity contribution in [1.82, 2.24) is 0 Å². The van der Waals surface area contributed by atoms with Crippen molar-refractivity contribution in [2.45, 2.75) is 13.8 Å². The molecule has 4 nitrogen and oxygen atoms in total. The summed E-state index contributed by atoms with van der Waals surface area (Å²) in [6.45, 7) is 6.36. The van der Waals surface area contributed by atoms with Crippen molar-refractivity contribution in [3.8, 4) is 0 Å². The van der Waals surface area contributed by atoms with Gasteiger partial charge in [-0.3, -0.25) is 4.79 Å². The average Bonchev–Trinajstić information content (AvgIpc) is 2.05. The molecule has 0 bridgehead atoms. The molecule has 13 heavy (non-hydrogen) atoms. The van der Waals surface area contributed by atoms with Gasteiger partial charge in [-0.1, -0.05) is 6.58 Å². The van der Waals surface area contributed by atoms with Crippen molar-refractivity contribution < 1.29 is 19.1 Å². The zero-order valence-corrected chi connectivity index (χ0v) is 7.75. The van der Waals surface area contributed by atoms with Gasteiger partial charge in [0, 0.05) is 6.92 Å². The molecule has 0 saturated carbocycles. The maximum atomic E-state index is 11.0. The van der Waals surface area contributed by atoms with Crippen molar-refractivity contribution in [2.75, 3.05) is 13.2 Å². The first-order chi connectivity index (χ1) is 6.11. The van der Waals surface area contributed by atoms with Crippen LogP contribution >= 0.6 is 0 Å². The molecule has 0 radical (unpaired) electrons. The summed E-state index contributed by atoms with van der Waals surface area (Å²) in [5, 5.41) is 0. The maximum Gasteiger partial charge on any atom is 0.345 e. The fourth-order valence-electron chi connectivity index (χ4n) is 0.574. The molecular weight excluding hydrogens is 172 g/mol. The number of esters is 2. The van der Waals surface area contributed by atoms with E-state index in [1.54, 1.807) is 6.92 Å². The predicted octanol–water partition coefficient (Wildman–Crippen LogP) is 0.824. The second-order valence-corrected chi connectivity index (χ2v) is 2.16. The first-order valence-electron chi connectivity index (χ1n) is 3.81. The number of hydrogen-bond acceptors (Lipinski definition) is 4. The summed E-state index contributed by atoms with van der Waals surface area (Å²) >= 11 is 0. The number of hydrogen-bond donors (Lipinski definition) is 0. The number of ether oxygens (including phenoxy) is 2. The highest BCUT2D eigenvalue weighted by atomic mass is 16.5. The molecule has 0 aliphatic rings. The zero-order valence-electron chi connectivity index (χ0n) is 7.75. The minimum atomic E-state index is -0.557. The lowest BCUT2D eigenvalue weighted by Gasteiger charge is -2.03. The van der Waals surface area contributed by atoms with E-state index in [0.717, 1.165) is 0 Å². The van der Waals surface area contributed by atoms with Crippen LogP contribution in [0.3, 0.4) is 0 Å². The molecule has 0 atom stereocenters. The SMILES string of the molecule is C=C=C(COC(C)=O)C(=O)OCC. The van der Waals surface area contributed by atoms with Gasteiger partial charge in [0.1, 0.15) is 12.2 Å². The topological polar surface area (TPSA) is 52.6 Å². The summed E-state index contributed by atoms with van der Waals surface area (Å²) in [5.74, 6) is -1.02. The quantitative estimate of drug-likeness (QED) is 0.369. The van der Waals surface area contributed by atoms with Gasteiger partial charge in [0.25, 0.3) is 0 Å². The van der Waals surface area contributed by atoms with E-state index in [9.17, 15) is 9.59 Å². The monoisotopic (exact) mass is 184 g/mol. The third-order valence-electron chi connectivity index (χ3n) is 1.15. The Morgan fingerprint density at radius 1 is 1.38 bits per heavy atom. The van der Waals surface area contributed by atoms with Gasteiger partial charge >= 0.3 is 11.9 Å². The highest BCUT2D eigenvalue weighted by Crippen LogP contribution is 1.97. The minimum Gasteiger partial charge on any atom is -0.462 e. The Morgan fingerprint density at radius 2 is 2.00 bits per heavy atom. The molecule has 0 heterocycles. The van der Waals surface area contributed by atoms with Gasteiger partial charge in [-0.2, -0.15) is 0 Å². The van der Waals surface area contributed by atoms with Gasteiger partial charge in [-0.05, 0) is 6.92 Å². The molecule has 0 saturated heterocycles. The lowest BCUT2D eigenvalue weighted by molar-refractivity contribution is -0.142. The molecule has 4 heteroatoms. The van der Waals surface area contributed by atoms with Gasteiger partial charge in [-0.15, -0.1) is 5.73 Å². The van der Waals surface area contributed by atoms with E-state index in [1.165, 1.54) is 6.92 Å². The van der Waals surface area contributed by atoms with Crippen LogP contribution in [0.2, 0.25) is 0 Å². The second kappa shape index (κ2) is 6.03. The first-order valence-corrected chi connectivity index (χ1v) is 3.81. The van der Waals surface area contributed by atoms with E-state index in [1.807, 2.05) is 0 Å². The lowest BCUT2D eigenvalue weighted by Crippen LogP contribution is -2.13. The van der Waals surface area contributed by atoms with E-state index < -0.39 is 11.9 Å². The van der Waals surface area contributed by atoms with Gasteiger partial charge in [0.15, 0.2) is 0 Å². The lowest BCUT2D eigenvalue weighted by atomic mass is 10.3. The van der Waals surface area contributed by atoms with Crippen molar-refractivity contribution in [1.29, 1.82) is 0 Å². The first kappa shape index (κ1) is 11.5. The summed E-state index contributed by atoms with van der Waals surface area (Å²) in [6.07, 6.45) is 0. The average molecular weight is 184 g/mol. The number of carbonyl (C=O) groups excluding carboxylic acids is 2. The third-order valence-corrected chi connectivity index (χ3v) is 1.15. The van der Waals surface area contributed by atoms with Crippen LogP contribution in [-0.2, 0) is 19.1 Å². The Kier molecular flexibility index (Phi) is 5.32. The smallest absolute Gasteiger partial charge is 0.345 e.